The molecule has 128 valence electrons. The zero-order valence-electron chi connectivity index (χ0n) is 13.4. The molecule has 8 heteroatoms. The highest BCUT2D eigenvalue weighted by Crippen LogP contribution is 2.29. The molecule has 3 rings (SSSR count). The predicted molar refractivity (Wildman–Crippen MR) is 90.2 cm³/mol. The number of aromatic nitrogens is 2. The number of para-hydroxylation sites is 1. The fraction of sp³-hybridized carbons (Fsp3) is 0.375. The van der Waals surface area contributed by atoms with Gasteiger partial charge in [-0.15, -0.1) is 0 Å². The van der Waals surface area contributed by atoms with E-state index >= 15 is 0 Å². The quantitative estimate of drug-likeness (QED) is 0.833. The van der Waals surface area contributed by atoms with Crippen LogP contribution < -0.4 is 10.0 Å². The monoisotopic (exact) mass is 348 g/mol. The summed E-state index contributed by atoms with van der Waals surface area (Å²) in [5, 5.41) is 6.75. The Kier molecular flexibility index (Phi) is 4.57. The van der Waals surface area contributed by atoms with Gasteiger partial charge in [0.25, 0.3) is 15.9 Å². The van der Waals surface area contributed by atoms with Gasteiger partial charge in [0.1, 0.15) is 0 Å². The normalized spacial score (nSPS) is 14.9. The van der Waals surface area contributed by atoms with Crippen molar-refractivity contribution in [2.75, 3.05) is 11.8 Å². The highest BCUT2D eigenvalue weighted by Gasteiger charge is 2.25. The van der Waals surface area contributed by atoms with Crippen LogP contribution in [0.2, 0.25) is 0 Å². The summed E-state index contributed by atoms with van der Waals surface area (Å²) in [6, 6.07) is 7.97. The van der Waals surface area contributed by atoms with E-state index in [0.717, 1.165) is 12.8 Å². The summed E-state index contributed by atoms with van der Waals surface area (Å²) in [4.78, 5) is 11.9. The van der Waals surface area contributed by atoms with E-state index in [1.54, 1.807) is 24.3 Å². The summed E-state index contributed by atoms with van der Waals surface area (Å²) in [6.45, 7) is 0.598. The van der Waals surface area contributed by atoms with Gasteiger partial charge >= 0.3 is 0 Å². The minimum atomic E-state index is -3.82. The number of sulfonamides is 1. The summed E-state index contributed by atoms with van der Waals surface area (Å²) in [5.41, 5.74) is 0.516. The fourth-order valence-corrected chi connectivity index (χ4v) is 3.92. The van der Waals surface area contributed by atoms with Crippen molar-refractivity contribution in [3.63, 3.8) is 0 Å². The van der Waals surface area contributed by atoms with E-state index in [9.17, 15) is 13.2 Å². The molecule has 1 aliphatic carbocycles. The Morgan fingerprint density at radius 2 is 2.04 bits per heavy atom. The van der Waals surface area contributed by atoms with Crippen molar-refractivity contribution in [2.45, 2.75) is 30.8 Å². The predicted octanol–water partition coefficient (Wildman–Crippen LogP) is 1.84. The number of anilines is 1. The standard InChI is InChI=1S/C16H20N4O3S/c1-17-16(21)13-7-2-3-8-14(13)19-24(22,23)15-9-10-18-20(15)11-12-5-4-6-12/h2-3,7-10,12,19H,4-6,11H2,1H3,(H,17,21). The summed E-state index contributed by atoms with van der Waals surface area (Å²) in [5.74, 6) is 0.133. The molecule has 2 aromatic rings. The van der Waals surface area contributed by atoms with Gasteiger partial charge in [-0.25, -0.2) is 0 Å². The molecule has 2 N–H and O–H groups in total. The van der Waals surface area contributed by atoms with Crippen molar-refractivity contribution < 1.29 is 13.2 Å². The minimum Gasteiger partial charge on any atom is -0.355 e. The Morgan fingerprint density at radius 1 is 1.29 bits per heavy atom. The van der Waals surface area contributed by atoms with Gasteiger partial charge in [0.2, 0.25) is 0 Å². The molecule has 0 radical (unpaired) electrons. The van der Waals surface area contributed by atoms with Crippen molar-refractivity contribution in [3.05, 3.63) is 42.1 Å². The molecule has 1 heterocycles. The number of nitrogens with zero attached hydrogens (tertiary/aromatic N) is 2. The molecule has 1 aliphatic rings. The Morgan fingerprint density at radius 3 is 2.71 bits per heavy atom. The number of hydrogen-bond donors (Lipinski definition) is 2. The molecule has 1 fully saturated rings. The number of carbonyl (C=O) groups excluding carboxylic acids is 1. The van der Waals surface area contributed by atoms with Crippen LogP contribution in [0.4, 0.5) is 5.69 Å². The molecular weight excluding hydrogens is 328 g/mol. The van der Waals surface area contributed by atoms with Crippen LogP contribution in [0.1, 0.15) is 29.6 Å². The lowest BCUT2D eigenvalue weighted by atomic mass is 9.85. The molecule has 24 heavy (non-hydrogen) atoms. The third-order valence-electron chi connectivity index (χ3n) is 4.25. The zero-order valence-corrected chi connectivity index (χ0v) is 14.2. The topological polar surface area (TPSA) is 93.1 Å². The molecule has 1 aromatic heterocycles. The lowest BCUT2D eigenvalue weighted by Gasteiger charge is -2.25. The third kappa shape index (κ3) is 3.28. The van der Waals surface area contributed by atoms with Crippen molar-refractivity contribution in [1.82, 2.24) is 15.1 Å². The van der Waals surface area contributed by atoms with Crippen molar-refractivity contribution >= 4 is 21.6 Å². The van der Waals surface area contributed by atoms with Gasteiger partial charge in [0, 0.05) is 13.6 Å². The second-order valence-corrected chi connectivity index (χ2v) is 7.51. The average Bonchev–Trinajstić information content (AvgIpc) is 2.99. The van der Waals surface area contributed by atoms with Gasteiger partial charge in [-0.2, -0.15) is 13.5 Å². The largest absolute Gasteiger partial charge is 0.355 e. The van der Waals surface area contributed by atoms with Gasteiger partial charge in [0.15, 0.2) is 5.03 Å². The number of benzene rings is 1. The van der Waals surface area contributed by atoms with Gasteiger partial charge in [-0.05, 0) is 37.0 Å². The first kappa shape index (κ1) is 16.5. The van der Waals surface area contributed by atoms with Crippen LogP contribution in [-0.4, -0.2) is 31.2 Å². The van der Waals surface area contributed by atoms with Crippen LogP contribution >= 0.6 is 0 Å². The molecule has 1 aromatic carbocycles. The summed E-state index contributed by atoms with van der Waals surface area (Å²) in [7, 11) is -2.32. The number of amides is 1. The maximum Gasteiger partial charge on any atom is 0.279 e. The number of hydrogen-bond acceptors (Lipinski definition) is 4. The molecule has 0 unspecified atom stereocenters. The van der Waals surface area contributed by atoms with Crippen LogP contribution in [0, 0.1) is 5.92 Å². The van der Waals surface area contributed by atoms with E-state index in [1.165, 1.54) is 30.4 Å². The Labute approximate surface area is 141 Å². The number of rotatable bonds is 6. The van der Waals surface area contributed by atoms with Crippen LogP contribution in [0.5, 0.6) is 0 Å². The molecular formula is C16H20N4O3S. The maximum atomic E-state index is 12.7. The van der Waals surface area contributed by atoms with E-state index in [4.69, 9.17) is 0 Å². The van der Waals surface area contributed by atoms with Gasteiger partial charge < -0.3 is 5.32 Å². The number of nitrogens with one attached hydrogen (secondary N) is 2. The highest BCUT2D eigenvalue weighted by molar-refractivity contribution is 7.92. The molecule has 0 spiro atoms. The molecule has 1 amide bonds. The zero-order chi connectivity index (χ0) is 17.2. The number of carbonyl (C=O) groups is 1. The van der Waals surface area contributed by atoms with Crippen LogP contribution in [0.25, 0.3) is 0 Å². The third-order valence-corrected chi connectivity index (χ3v) is 5.64. The smallest absolute Gasteiger partial charge is 0.279 e. The molecule has 0 aliphatic heterocycles. The molecule has 0 saturated heterocycles. The second-order valence-electron chi connectivity index (χ2n) is 5.88. The van der Waals surface area contributed by atoms with Gasteiger partial charge in [0.05, 0.1) is 17.4 Å². The van der Waals surface area contributed by atoms with Gasteiger partial charge in [-0.1, -0.05) is 18.6 Å². The average molecular weight is 348 g/mol. The van der Waals surface area contributed by atoms with Crippen LogP contribution in [0.15, 0.2) is 41.6 Å². The maximum absolute atomic E-state index is 12.7. The van der Waals surface area contributed by atoms with E-state index in [0.29, 0.717) is 12.5 Å². The first-order chi connectivity index (χ1) is 11.5. The summed E-state index contributed by atoms with van der Waals surface area (Å²) < 4.78 is 29.5. The van der Waals surface area contributed by atoms with E-state index in [1.807, 2.05) is 0 Å². The minimum absolute atomic E-state index is 0.112. The Balaban J connectivity index is 1.87. The van der Waals surface area contributed by atoms with Crippen molar-refractivity contribution in [2.24, 2.45) is 5.92 Å². The van der Waals surface area contributed by atoms with Crippen molar-refractivity contribution in [3.8, 4) is 0 Å². The Hall–Kier alpha value is -2.35. The van der Waals surface area contributed by atoms with Crippen LogP contribution in [0.3, 0.4) is 0 Å². The first-order valence-corrected chi connectivity index (χ1v) is 9.35. The van der Waals surface area contributed by atoms with E-state index < -0.39 is 10.0 Å². The lowest BCUT2D eigenvalue weighted by molar-refractivity contribution is 0.0964. The molecule has 0 bridgehead atoms. The SMILES string of the molecule is CNC(=O)c1ccccc1NS(=O)(=O)c1ccnn1CC1CCC1. The van der Waals surface area contributed by atoms with E-state index in [2.05, 4.69) is 15.1 Å². The molecule has 7 nitrogen and oxygen atoms in total. The first-order valence-electron chi connectivity index (χ1n) is 7.87. The lowest BCUT2D eigenvalue weighted by Crippen LogP contribution is -2.25. The molecule has 0 atom stereocenters. The Bertz CT molecular complexity index is 841. The fourth-order valence-electron chi connectivity index (χ4n) is 2.71. The van der Waals surface area contributed by atoms with E-state index in [-0.39, 0.29) is 22.2 Å². The summed E-state index contributed by atoms with van der Waals surface area (Å²) in [6.07, 6.45) is 4.88. The highest BCUT2D eigenvalue weighted by atomic mass is 32.2. The van der Waals surface area contributed by atoms with Crippen molar-refractivity contribution in [1.29, 1.82) is 0 Å². The summed E-state index contributed by atoms with van der Waals surface area (Å²) >= 11 is 0. The second kappa shape index (κ2) is 6.64. The van der Waals surface area contributed by atoms with Gasteiger partial charge in [-0.3, -0.25) is 14.2 Å². The van der Waals surface area contributed by atoms with Crippen LogP contribution in [-0.2, 0) is 16.6 Å². The molecule has 1 saturated carbocycles.